The lowest BCUT2D eigenvalue weighted by molar-refractivity contribution is -0.144. The Morgan fingerprint density at radius 1 is 1.53 bits per heavy atom. The first-order valence-electron chi connectivity index (χ1n) is 6.24. The summed E-state index contributed by atoms with van der Waals surface area (Å²) in [4.78, 5) is 11.7. The molecule has 0 spiro atoms. The molecule has 1 aromatic carbocycles. The maximum atomic E-state index is 13.0. The van der Waals surface area contributed by atoms with Crippen LogP contribution in [0, 0.1) is 11.7 Å². The topological polar surface area (TPSA) is 38.3 Å². The Bertz CT molecular complexity index is 439. The summed E-state index contributed by atoms with van der Waals surface area (Å²) in [5.74, 6) is -0.388. The summed E-state index contributed by atoms with van der Waals surface area (Å²) < 4.78 is 18.5. The molecule has 5 heteroatoms. The van der Waals surface area contributed by atoms with Gasteiger partial charge in [-0.2, -0.15) is 0 Å². The van der Waals surface area contributed by atoms with Crippen molar-refractivity contribution in [2.24, 2.45) is 5.92 Å². The number of benzene rings is 1. The van der Waals surface area contributed by atoms with Crippen LogP contribution in [0.5, 0.6) is 0 Å². The van der Waals surface area contributed by atoms with Crippen LogP contribution in [0.25, 0.3) is 0 Å². The first-order valence-corrected chi connectivity index (χ1v) is 7.04. The summed E-state index contributed by atoms with van der Waals surface area (Å²) in [5, 5.41) is 3.17. The van der Waals surface area contributed by atoms with E-state index in [0.717, 1.165) is 12.0 Å². The van der Waals surface area contributed by atoms with Crippen LogP contribution < -0.4 is 5.32 Å². The average molecular weight is 332 g/mol. The van der Waals surface area contributed by atoms with Gasteiger partial charge in [-0.3, -0.25) is 4.79 Å². The lowest BCUT2D eigenvalue weighted by Gasteiger charge is -2.22. The van der Waals surface area contributed by atoms with E-state index in [0.29, 0.717) is 11.0 Å². The molecule has 0 aliphatic carbocycles. The second-order valence-electron chi connectivity index (χ2n) is 4.50. The fourth-order valence-corrected chi connectivity index (χ4v) is 2.26. The van der Waals surface area contributed by atoms with Crippen molar-refractivity contribution in [2.75, 3.05) is 7.11 Å². The van der Waals surface area contributed by atoms with E-state index < -0.39 is 0 Å². The predicted molar refractivity (Wildman–Crippen MR) is 76.2 cm³/mol. The molecule has 0 saturated carbocycles. The summed E-state index contributed by atoms with van der Waals surface area (Å²) in [6.07, 6.45) is 0.872. The van der Waals surface area contributed by atoms with Crippen LogP contribution in [0.1, 0.15) is 25.8 Å². The van der Waals surface area contributed by atoms with E-state index >= 15 is 0 Å². The quantitative estimate of drug-likeness (QED) is 0.813. The van der Waals surface area contributed by atoms with Crippen molar-refractivity contribution < 1.29 is 13.9 Å². The van der Waals surface area contributed by atoms with Gasteiger partial charge in [0.1, 0.15) is 11.9 Å². The second kappa shape index (κ2) is 7.60. The number of hydrogen-bond donors (Lipinski definition) is 1. The molecule has 2 unspecified atom stereocenters. The predicted octanol–water partition coefficient (Wildman–Crippen LogP) is 3.27. The van der Waals surface area contributed by atoms with E-state index in [4.69, 9.17) is 4.74 Å². The smallest absolute Gasteiger partial charge is 0.323 e. The highest BCUT2D eigenvalue weighted by atomic mass is 79.9. The van der Waals surface area contributed by atoms with Crippen LogP contribution in [-0.4, -0.2) is 19.1 Å². The Hall–Kier alpha value is -0.940. The van der Waals surface area contributed by atoms with Crippen LogP contribution >= 0.6 is 15.9 Å². The van der Waals surface area contributed by atoms with Crippen molar-refractivity contribution >= 4 is 21.9 Å². The van der Waals surface area contributed by atoms with Crippen molar-refractivity contribution in [1.29, 1.82) is 0 Å². The number of rotatable bonds is 6. The van der Waals surface area contributed by atoms with Gasteiger partial charge in [-0.15, -0.1) is 0 Å². The fraction of sp³-hybridized carbons (Fsp3) is 0.500. The summed E-state index contributed by atoms with van der Waals surface area (Å²) in [6.45, 7) is 4.50. The summed E-state index contributed by atoms with van der Waals surface area (Å²) >= 11 is 3.31. The van der Waals surface area contributed by atoms with Gasteiger partial charge in [0.2, 0.25) is 0 Å². The molecule has 0 aliphatic rings. The first kappa shape index (κ1) is 16.1. The van der Waals surface area contributed by atoms with E-state index in [-0.39, 0.29) is 23.7 Å². The Labute approximate surface area is 121 Å². The zero-order chi connectivity index (χ0) is 14.4. The molecule has 0 aromatic heterocycles. The third-order valence-electron chi connectivity index (χ3n) is 3.20. The van der Waals surface area contributed by atoms with E-state index in [1.54, 1.807) is 6.07 Å². The second-order valence-corrected chi connectivity index (χ2v) is 5.36. The minimum absolute atomic E-state index is 0.173. The van der Waals surface area contributed by atoms with E-state index in [1.807, 2.05) is 13.8 Å². The Balaban J connectivity index is 2.73. The third kappa shape index (κ3) is 4.58. The van der Waals surface area contributed by atoms with Crippen LogP contribution in [0.2, 0.25) is 0 Å². The van der Waals surface area contributed by atoms with Gasteiger partial charge in [-0.25, -0.2) is 4.39 Å². The number of carbonyl (C=O) groups is 1. The van der Waals surface area contributed by atoms with E-state index in [2.05, 4.69) is 21.2 Å². The molecule has 106 valence electrons. The molecule has 1 N–H and O–H groups in total. The number of carbonyl (C=O) groups excluding carboxylic acids is 1. The molecule has 2 atom stereocenters. The van der Waals surface area contributed by atoms with Crippen LogP contribution in [0.4, 0.5) is 4.39 Å². The van der Waals surface area contributed by atoms with Gasteiger partial charge in [0, 0.05) is 11.0 Å². The zero-order valence-electron chi connectivity index (χ0n) is 11.4. The zero-order valence-corrected chi connectivity index (χ0v) is 13.0. The molecule has 0 aliphatic heterocycles. The molecular formula is C14H19BrFNO2. The van der Waals surface area contributed by atoms with E-state index in [1.165, 1.54) is 19.2 Å². The summed E-state index contributed by atoms with van der Waals surface area (Å²) in [7, 11) is 1.38. The van der Waals surface area contributed by atoms with Crippen molar-refractivity contribution in [1.82, 2.24) is 5.32 Å². The maximum Gasteiger partial charge on any atom is 0.323 e. The highest BCUT2D eigenvalue weighted by Gasteiger charge is 2.24. The molecule has 1 aromatic rings. The van der Waals surface area contributed by atoms with Crippen LogP contribution in [0.3, 0.4) is 0 Å². The van der Waals surface area contributed by atoms with Gasteiger partial charge in [0.05, 0.1) is 7.11 Å². The molecule has 19 heavy (non-hydrogen) atoms. The molecule has 3 nitrogen and oxygen atoms in total. The Morgan fingerprint density at radius 2 is 2.21 bits per heavy atom. The minimum atomic E-state index is -0.355. The van der Waals surface area contributed by atoms with Gasteiger partial charge >= 0.3 is 5.97 Å². The average Bonchev–Trinajstić information content (AvgIpc) is 2.40. The number of methoxy groups -OCH3 is 1. The number of esters is 1. The molecule has 1 rings (SSSR count). The molecule has 0 amide bonds. The Kier molecular flexibility index (Phi) is 6.45. The van der Waals surface area contributed by atoms with Crippen molar-refractivity contribution in [3.63, 3.8) is 0 Å². The van der Waals surface area contributed by atoms with Crippen LogP contribution in [0.15, 0.2) is 22.7 Å². The highest BCUT2D eigenvalue weighted by Crippen LogP contribution is 2.19. The summed E-state index contributed by atoms with van der Waals surface area (Å²) in [5.41, 5.74) is 0.901. The molecule has 0 heterocycles. The van der Waals surface area contributed by atoms with Crippen molar-refractivity contribution in [2.45, 2.75) is 32.9 Å². The molecular weight excluding hydrogens is 313 g/mol. The standard InChI is InChI=1S/C14H19BrFNO2/c1-4-9(2)13(14(18)19-3)17-8-10-5-6-11(16)7-12(10)15/h5-7,9,13,17H,4,8H2,1-3H3. The fourth-order valence-electron chi connectivity index (χ4n) is 1.76. The first-order chi connectivity index (χ1) is 8.99. The largest absolute Gasteiger partial charge is 0.468 e. The maximum absolute atomic E-state index is 13.0. The van der Waals surface area contributed by atoms with Crippen LogP contribution in [-0.2, 0) is 16.1 Å². The molecule has 0 fully saturated rings. The molecule has 0 saturated heterocycles. The summed E-state index contributed by atoms with van der Waals surface area (Å²) in [6, 6.07) is 4.15. The normalized spacial score (nSPS) is 13.9. The number of nitrogens with one attached hydrogen (secondary N) is 1. The van der Waals surface area contributed by atoms with E-state index in [9.17, 15) is 9.18 Å². The molecule has 0 radical (unpaired) electrons. The highest BCUT2D eigenvalue weighted by molar-refractivity contribution is 9.10. The van der Waals surface area contributed by atoms with Gasteiger partial charge < -0.3 is 10.1 Å². The monoisotopic (exact) mass is 331 g/mol. The Morgan fingerprint density at radius 3 is 2.74 bits per heavy atom. The SMILES string of the molecule is CCC(C)C(NCc1ccc(F)cc1Br)C(=O)OC. The van der Waals surface area contributed by atoms with Crippen molar-refractivity contribution in [3.8, 4) is 0 Å². The third-order valence-corrected chi connectivity index (χ3v) is 3.93. The number of ether oxygens (including phenoxy) is 1. The van der Waals surface area contributed by atoms with Crippen molar-refractivity contribution in [3.05, 3.63) is 34.1 Å². The molecule has 0 bridgehead atoms. The lowest BCUT2D eigenvalue weighted by Crippen LogP contribution is -2.42. The van der Waals surface area contributed by atoms with Gasteiger partial charge in [0.25, 0.3) is 0 Å². The van der Waals surface area contributed by atoms with Gasteiger partial charge in [-0.05, 0) is 23.6 Å². The lowest BCUT2D eigenvalue weighted by atomic mass is 9.99. The van der Waals surface area contributed by atoms with Gasteiger partial charge in [0.15, 0.2) is 0 Å². The minimum Gasteiger partial charge on any atom is -0.468 e. The number of hydrogen-bond acceptors (Lipinski definition) is 3. The number of halogens is 2. The van der Waals surface area contributed by atoms with Gasteiger partial charge in [-0.1, -0.05) is 42.3 Å².